The maximum absolute atomic E-state index is 2.50. The van der Waals surface area contributed by atoms with Crippen molar-refractivity contribution in [1.29, 1.82) is 0 Å². The predicted octanol–water partition coefficient (Wildman–Crippen LogP) is 14.8. The van der Waals surface area contributed by atoms with Crippen LogP contribution in [0.4, 0.5) is 0 Å². The van der Waals surface area contributed by atoms with Crippen LogP contribution < -0.4 is 0 Å². The predicted molar refractivity (Wildman–Crippen MR) is 240 cm³/mol. The van der Waals surface area contributed by atoms with Crippen molar-refractivity contribution < 1.29 is 0 Å². The highest BCUT2D eigenvalue weighted by molar-refractivity contribution is 6.35. The Morgan fingerprint density at radius 1 is 0.179 bits per heavy atom. The number of hydrogen-bond acceptors (Lipinski definition) is 0. The van der Waals surface area contributed by atoms with Gasteiger partial charge in [0.2, 0.25) is 0 Å². The van der Waals surface area contributed by atoms with Crippen molar-refractivity contribution in [1.82, 2.24) is 9.13 Å². The lowest BCUT2D eigenvalue weighted by atomic mass is 9.88. The molecule has 0 spiro atoms. The molecular formula is C54H32N2. The molecule has 0 N–H and O–H groups in total. The highest BCUT2D eigenvalue weighted by Crippen LogP contribution is 2.46. The Morgan fingerprint density at radius 2 is 0.446 bits per heavy atom. The van der Waals surface area contributed by atoms with E-state index in [1.54, 1.807) is 0 Å². The maximum Gasteiger partial charge on any atom is 0.0547 e. The van der Waals surface area contributed by atoms with Crippen LogP contribution in [0, 0.1) is 0 Å². The first-order chi connectivity index (χ1) is 27.8. The lowest BCUT2D eigenvalue weighted by Gasteiger charge is -2.16. The number of benzene rings is 11. The van der Waals surface area contributed by atoms with Crippen LogP contribution in [0.25, 0.3) is 120 Å². The van der Waals surface area contributed by atoms with E-state index in [0.29, 0.717) is 0 Å². The van der Waals surface area contributed by atoms with Crippen molar-refractivity contribution in [2.24, 2.45) is 0 Å². The Kier molecular flexibility index (Phi) is 5.92. The molecule has 2 heteroatoms. The molecule has 13 aromatic rings. The number of nitrogens with zero attached hydrogens (tertiary/aromatic N) is 2. The first kappa shape index (κ1) is 30.0. The van der Waals surface area contributed by atoms with Crippen molar-refractivity contribution in [3.8, 4) is 11.4 Å². The largest absolute Gasteiger partial charge is 0.309 e. The normalized spacial score (nSPS) is 12.3. The Hall–Kier alpha value is -7.42. The summed E-state index contributed by atoms with van der Waals surface area (Å²) < 4.78 is 4.86. The topological polar surface area (TPSA) is 9.86 Å². The van der Waals surface area contributed by atoms with Gasteiger partial charge in [0.1, 0.15) is 0 Å². The molecule has 0 aliphatic heterocycles. The van der Waals surface area contributed by atoms with Crippen LogP contribution in [0.1, 0.15) is 0 Å². The highest BCUT2D eigenvalue weighted by atomic mass is 15.0. The van der Waals surface area contributed by atoms with Crippen LogP contribution in [0.3, 0.4) is 0 Å². The zero-order valence-corrected chi connectivity index (χ0v) is 30.4. The van der Waals surface area contributed by atoms with E-state index < -0.39 is 0 Å². The molecule has 2 nitrogen and oxygen atoms in total. The average Bonchev–Trinajstić information content (AvgIpc) is 3.77. The number of para-hydroxylation sites is 4. The lowest BCUT2D eigenvalue weighted by Crippen LogP contribution is -1.94. The fourth-order valence-corrected chi connectivity index (χ4v) is 10.0. The molecule has 56 heavy (non-hydrogen) atoms. The van der Waals surface area contributed by atoms with Crippen molar-refractivity contribution in [3.63, 3.8) is 0 Å². The van der Waals surface area contributed by atoms with Gasteiger partial charge in [0.15, 0.2) is 0 Å². The average molecular weight is 709 g/mol. The summed E-state index contributed by atoms with van der Waals surface area (Å²) in [6.45, 7) is 0. The monoisotopic (exact) mass is 708 g/mol. The zero-order chi connectivity index (χ0) is 36.5. The van der Waals surface area contributed by atoms with Crippen molar-refractivity contribution in [2.45, 2.75) is 0 Å². The van der Waals surface area contributed by atoms with Crippen LogP contribution >= 0.6 is 0 Å². The van der Waals surface area contributed by atoms with E-state index in [4.69, 9.17) is 0 Å². The van der Waals surface area contributed by atoms with Crippen LogP contribution in [-0.2, 0) is 0 Å². The lowest BCUT2D eigenvalue weighted by molar-refractivity contribution is 1.18. The summed E-state index contributed by atoms with van der Waals surface area (Å²) in [5.41, 5.74) is 7.25. The van der Waals surface area contributed by atoms with Crippen LogP contribution in [-0.4, -0.2) is 9.13 Å². The van der Waals surface area contributed by atoms with Gasteiger partial charge < -0.3 is 9.13 Å². The van der Waals surface area contributed by atoms with E-state index >= 15 is 0 Å². The summed E-state index contributed by atoms with van der Waals surface area (Å²) in [6, 6.07) is 72.1. The van der Waals surface area contributed by atoms with Crippen molar-refractivity contribution in [3.05, 3.63) is 194 Å². The molecule has 0 atom stereocenters. The molecule has 0 aliphatic rings. The fourth-order valence-electron chi connectivity index (χ4n) is 10.0. The van der Waals surface area contributed by atoms with Gasteiger partial charge in [0, 0.05) is 32.9 Å². The second-order valence-corrected chi connectivity index (χ2v) is 15.2. The Morgan fingerprint density at radius 3 is 0.821 bits per heavy atom. The smallest absolute Gasteiger partial charge is 0.0547 e. The van der Waals surface area contributed by atoms with Gasteiger partial charge >= 0.3 is 0 Å². The van der Waals surface area contributed by atoms with Gasteiger partial charge in [-0.1, -0.05) is 121 Å². The third-order valence-corrected chi connectivity index (χ3v) is 12.4. The third kappa shape index (κ3) is 3.95. The van der Waals surface area contributed by atoms with Crippen LogP contribution in [0.5, 0.6) is 0 Å². The van der Waals surface area contributed by atoms with Crippen molar-refractivity contribution >= 4 is 108 Å². The molecule has 0 aliphatic carbocycles. The molecule has 2 heterocycles. The van der Waals surface area contributed by atoms with E-state index in [-0.39, 0.29) is 0 Å². The molecule has 0 radical (unpaired) electrons. The molecule has 13 rings (SSSR count). The number of hydrogen-bond donors (Lipinski definition) is 0. The summed E-state index contributed by atoms with van der Waals surface area (Å²) in [5.74, 6) is 0. The van der Waals surface area contributed by atoms with E-state index in [9.17, 15) is 0 Å². The molecule has 11 aromatic carbocycles. The van der Waals surface area contributed by atoms with E-state index in [0.717, 1.165) is 0 Å². The van der Waals surface area contributed by atoms with E-state index in [1.165, 1.54) is 120 Å². The second kappa shape index (κ2) is 11.1. The molecule has 0 saturated heterocycles. The SMILES string of the molecule is c1ccc(-n2c3ccccc3c3cc4c5cc6c7ccccc7c7cc8c(cc7c6cc5c5ccccc5c4cc32)c2ccccc2n8-c2ccccc2)cc1. The zero-order valence-electron chi connectivity index (χ0n) is 30.4. The van der Waals surface area contributed by atoms with E-state index in [1.807, 2.05) is 0 Å². The van der Waals surface area contributed by atoms with Crippen molar-refractivity contribution in [2.75, 3.05) is 0 Å². The summed E-state index contributed by atoms with van der Waals surface area (Å²) in [7, 11) is 0. The fraction of sp³-hybridized carbons (Fsp3) is 0. The van der Waals surface area contributed by atoms with Gasteiger partial charge in [-0.3, -0.25) is 0 Å². The molecule has 2 aromatic heterocycles. The van der Waals surface area contributed by atoms with Gasteiger partial charge in [0.25, 0.3) is 0 Å². The molecule has 0 amide bonds. The maximum atomic E-state index is 2.50. The van der Waals surface area contributed by atoms with Crippen LogP contribution in [0.2, 0.25) is 0 Å². The second-order valence-electron chi connectivity index (χ2n) is 15.2. The third-order valence-electron chi connectivity index (χ3n) is 12.4. The first-order valence-corrected chi connectivity index (χ1v) is 19.4. The number of aromatic nitrogens is 2. The molecule has 0 saturated carbocycles. The Labute approximate surface area is 321 Å². The van der Waals surface area contributed by atoms with Crippen LogP contribution in [0.15, 0.2) is 194 Å². The van der Waals surface area contributed by atoms with Gasteiger partial charge in [-0.15, -0.1) is 0 Å². The summed E-state index contributed by atoms with van der Waals surface area (Å²) in [4.78, 5) is 0. The Balaban J connectivity index is 1.21. The molecule has 0 unspecified atom stereocenters. The molecule has 0 fully saturated rings. The molecular weight excluding hydrogens is 677 g/mol. The summed E-state index contributed by atoms with van der Waals surface area (Å²) >= 11 is 0. The van der Waals surface area contributed by atoms with Gasteiger partial charge in [-0.2, -0.15) is 0 Å². The summed E-state index contributed by atoms with van der Waals surface area (Å²) in [6.07, 6.45) is 0. The minimum Gasteiger partial charge on any atom is -0.309 e. The van der Waals surface area contributed by atoms with E-state index in [2.05, 4.69) is 203 Å². The quantitative estimate of drug-likeness (QED) is 0.125. The minimum absolute atomic E-state index is 1.17. The first-order valence-electron chi connectivity index (χ1n) is 19.4. The number of rotatable bonds is 2. The number of fused-ring (bicyclic) bond motifs is 18. The molecule has 258 valence electrons. The Bertz CT molecular complexity index is 3540. The van der Waals surface area contributed by atoms with Gasteiger partial charge in [-0.25, -0.2) is 0 Å². The minimum atomic E-state index is 1.17. The molecule has 0 bridgehead atoms. The highest BCUT2D eigenvalue weighted by Gasteiger charge is 2.20. The summed E-state index contributed by atoms with van der Waals surface area (Å²) in [5, 5.41) is 20.5. The van der Waals surface area contributed by atoms with Gasteiger partial charge in [-0.05, 0) is 137 Å². The standard InChI is InChI=1S/C54H32N2/c1-3-15-33(16-4-1)55-51-25-13-11-23-39(51)49-29-45-43-27-42-36-20-8-10-22-38(36)48-32-54-50(40-24-12-14-26-52(40)56(54)34-17-5-2-6-18-34)30-46(48)44(42)28-41(43)35-19-7-9-21-37(35)47(45)31-53(49)55/h1-32H. The van der Waals surface area contributed by atoms with Gasteiger partial charge in [0.05, 0.1) is 22.1 Å².